The van der Waals surface area contributed by atoms with E-state index in [0.717, 1.165) is 31.2 Å². The molecule has 0 amide bonds. The molecule has 0 heterocycles. The molecule has 0 saturated heterocycles. The Morgan fingerprint density at radius 1 is 1.32 bits per heavy atom. The fourth-order valence-electron chi connectivity index (χ4n) is 2.32. The third kappa shape index (κ3) is 3.89. The highest BCUT2D eigenvalue weighted by atomic mass is 32.2. The number of nitrogens with two attached hydrogens (primary N) is 1. The molecule has 5 heteroatoms. The minimum Gasteiger partial charge on any atom is -0.327 e. The molecular weight excluding hydrogens is 260 g/mol. The number of hydrogen-bond donors (Lipinski definition) is 2. The van der Waals surface area contributed by atoms with E-state index >= 15 is 0 Å². The average Bonchev–Trinajstić information content (AvgIpc) is 2.89. The molecule has 1 fully saturated rings. The molecule has 0 radical (unpaired) electrons. The van der Waals surface area contributed by atoms with Crippen LogP contribution in [-0.2, 0) is 10.0 Å². The van der Waals surface area contributed by atoms with Crippen molar-refractivity contribution < 1.29 is 8.42 Å². The van der Waals surface area contributed by atoms with Crippen LogP contribution in [0.5, 0.6) is 0 Å². The molecule has 1 aromatic carbocycles. The van der Waals surface area contributed by atoms with Gasteiger partial charge in [-0.25, -0.2) is 13.1 Å². The van der Waals surface area contributed by atoms with E-state index in [2.05, 4.69) is 4.72 Å². The van der Waals surface area contributed by atoms with E-state index in [-0.39, 0.29) is 6.04 Å². The highest BCUT2D eigenvalue weighted by Gasteiger charge is 2.22. The lowest BCUT2D eigenvalue weighted by Gasteiger charge is -2.12. The molecule has 0 atom stereocenters. The monoisotopic (exact) mass is 280 g/mol. The third-order valence-electron chi connectivity index (χ3n) is 3.29. The zero-order valence-corrected chi connectivity index (χ0v) is 11.7. The van der Waals surface area contributed by atoms with Crippen LogP contribution in [0.15, 0.2) is 35.2 Å². The van der Waals surface area contributed by atoms with Crippen molar-refractivity contribution in [3.05, 3.63) is 35.9 Å². The summed E-state index contributed by atoms with van der Waals surface area (Å²) >= 11 is 0. The molecule has 0 spiro atoms. The van der Waals surface area contributed by atoms with Gasteiger partial charge in [-0.15, -0.1) is 0 Å². The van der Waals surface area contributed by atoms with Gasteiger partial charge in [0, 0.05) is 12.6 Å². The van der Waals surface area contributed by atoms with Gasteiger partial charge in [0.25, 0.3) is 0 Å². The fraction of sp³-hybridized carbons (Fsp3) is 0.429. The minimum absolute atomic E-state index is 0.0910. The van der Waals surface area contributed by atoms with Crippen LogP contribution >= 0.6 is 0 Å². The SMILES string of the molecule is NCC=Cc1cccc(S(=O)(=O)NC2CCCC2)c1. The van der Waals surface area contributed by atoms with Gasteiger partial charge in [0.05, 0.1) is 4.90 Å². The van der Waals surface area contributed by atoms with Crippen LogP contribution in [-0.4, -0.2) is 21.0 Å². The highest BCUT2D eigenvalue weighted by Crippen LogP contribution is 2.21. The Morgan fingerprint density at radius 3 is 2.74 bits per heavy atom. The largest absolute Gasteiger partial charge is 0.327 e. The molecular formula is C14H20N2O2S. The summed E-state index contributed by atoms with van der Waals surface area (Å²) in [7, 11) is -3.41. The fourth-order valence-corrected chi connectivity index (χ4v) is 3.68. The predicted molar refractivity (Wildman–Crippen MR) is 77.1 cm³/mol. The molecule has 104 valence electrons. The number of benzene rings is 1. The third-order valence-corrected chi connectivity index (χ3v) is 4.81. The number of rotatable bonds is 5. The van der Waals surface area contributed by atoms with Gasteiger partial charge in [0.15, 0.2) is 0 Å². The highest BCUT2D eigenvalue weighted by molar-refractivity contribution is 7.89. The quantitative estimate of drug-likeness (QED) is 0.865. The van der Waals surface area contributed by atoms with Crippen molar-refractivity contribution in [1.82, 2.24) is 4.72 Å². The molecule has 0 aliphatic heterocycles. The van der Waals surface area contributed by atoms with Crippen molar-refractivity contribution in [2.75, 3.05) is 6.54 Å². The van der Waals surface area contributed by atoms with Gasteiger partial charge in [-0.2, -0.15) is 0 Å². The second kappa shape index (κ2) is 6.32. The van der Waals surface area contributed by atoms with Crippen LogP contribution in [0.25, 0.3) is 6.08 Å². The predicted octanol–water partition coefficient (Wildman–Crippen LogP) is 1.88. The van der Waals surface area contributed by atoms with E-state index in [9.17, 15) is 8.42 Å². The Morgan fingerprint density at radius 2 is 2.05 bits per heavy atom. The van der Waals surface area contributed by atoms with Crippen molar-refractivity contribution in [2.45, 2.75) is 36.6 Å². The Bertz CT molecular complexity index is 546. The second-order valence-electron chi connectivity index (χ2n) is 4.81. The molecule has 19 heavy (non-hydrogen) atoms. The van der Waals surface area contributed by atoms with Gasteiger partial charge in [-0.1, -0.05) is 37.1 Å². The lowest BCUT2D eigenvalue weighted by atomic mass is 10.2. The van der Waals surface area contributed by atoms with Crippen LogP contribution in [0.3, 0.4) is 0 Å². The lowest BCUT2D eigenvalue weighted by Crippen LogP contribution is -2.32. The lowest BCUT2D eigenvalue weighted by molar-refractivity contribution is 0.552. The van der Waals surface area contributed by atoms with Gasteiger partial charge in [0.2, 0.25) is 10.0 Å². The van der Waals surface area contributed by atoms with Crippen molar-refractivity contribution in [1.29, 1.82) is 0 Å². The molecule has 0 bridgehead atoms. The molecule has 1 aliphatic carbocycles. The van der Waals surface area contributed by atoms with Crippen molar-refractivity contribution in [2.24, 2.45) is 5.73 Å². The number of sulfonamides is 1. The molecule has 2 rings (SSSR count). The number of hydrogen-bond acceptors (Lipinski definition) is 3. The molecule has 4 nitrogen and oxygen atoms in total. The first-order valence-corrected chi connectivity index (χ1v) is 8.09. The smallest absolute Gasteiger partial charge is 0.240 e. The maximum atomic E-state index is 12.3. The van der Waals surface area contributed by atoms with E-state index in [1.807, 2.05) is 12.1 Å². The molecule has 0 unspecified atom stereocenters. The Balaban J connectivity index is 2.17. The topological polar surface area (TPSA) is 72.2 Å². The van der Waals surface area contributed by atoms with Crippen LogP contribution in [0.2, 0.25) is 0 Å². The van der Waals surface area contributed by atoms with Crippen molar-refractivity contribution in [3.63, 3.8) is 0 Å². The van der Waals surface area contributed by atoms with Crippen LogP contribution in [0.1, 0.15) is 31.2 Å². The summed E-state index contributed by atoms with van der Waals surface area (Å²) in [5.41, 5.74) is 6.24. The standard InChI is InChI=1S/C14H20N2O2S/c15-10-4-6-12-5-3-9-14(11-12)19(17,18)16-13-7-1-2-8-13/h3-6,9,11,13,16H,1-2,7-8,10,15H2. The first-order chi connectivity index (χ1) is 9.12. The van der Waals surface area contributed by atoms with Crippen LogP contribution in [0, 0.1) is 0 Å². The summed E-state index contributed by atoms with van der Waals surface area (Å²) in [6.45, 7) is 0.442. The van der Waals surface area contributed by atoms with Crippen LogP contribution < -0.4 is 10.5 Å². The molecule has 1 aromatic rings. The summed E-state index contributed by atoms with van der Waals surface area (Å²) in [4.78, 5) is 0.318. The zero-order valence-electron chi connectivity index (χ0n) is 10.9. The van der Waals surface area contributed by atoms with Gasteiger partial charge in [0.1, 0.15) is 0 Å². The molecule has 1 saturated carbocycles. The zero-order chi connectivity index (χ0) is 13.7. The second-order valence-corrected chi connectivity index (χ2v) is 6.53. The summed E-state index contributed by atoms with van der Waals surface area (Å²) in [6, 6.07) is 6.99. The van der Waals surface area contributed by atoms with Gasteiger partial charge >= 0.3 is 0 Å². The van der Waals surface area contributed by atoms with E-state index in [4.69, 9.17) is 5.73 Å². The Hall–Kier alpha value is -1.17. The minimum atomic E-state index is -3.41. The van der Waals surface area contributed by atoms with Crippen LogP contribution in [0.4, 0.5) is 0 Å². The van der Waals surface area contributed by atoms with E-state index in [1.54, 1.807) is 24.3 Å². The van der Waals surface area contributed by atoms with Crippen molar-refractivity contribution >= 4 is 16.1 Å². The maximum Gasteiger partial charge on any atom is 0.240 e. The maximum absolute atomic E-state index is 12.3. The summed E-state index contributed by atoms with van der Waals surface area (Å²) in [6.07, 6.45) is 7.71. The molecule has 1 aliphatic rings. The van der Waals surface area contributed by atoms with E-state index in [0.29, 0.717) is 11.4 Å². The van der Waals surface area contributed by atoms with E-state index in [1.165, 1.54) is 0 Å². The van der Waals surface area contributed by atoms with Gasteiger partial charge < -0.3 is 5.73 Å². The first-order valence-electron chi connectivity index (χ1n) is 6.61. The Labute approximate surface area is 114 Å². The van der Waals surface area contributed by atoms with Crippen molar-refractivity contribution in [3.8, 4) is 0 Å². The summed E-state index contributed by atoms with van der Waals surface area (Å²) in [5, 5.41) is 0. The first kappa shape index (κ1) is 14.2. The molecule has 0 aromatic heterocycles. The van der Waals surface area contributed by atoms with E-state index < -0.39 is 10.0 Å². The normalized spacial score (nSPS) is 17.3. The van der Waals surface area contributed by atoms with Gasteiger partial charge in [-0.3, -0.25) is 0 Å². The number of nitrogens with one attached hydrogen (secondary N) is 1. The summed E-state index contributed by atoms with van der Waals surface area (Å²) < 4.78 is 27.3. The average molecular weight is 280 g/mol. The molecule has 3 N–H and O–H groups in total. The summed E-state index contributed by atoms with van der Waals surface area (Å²) in [5.74, 6) is 0. The van der Waals surface area contributed by atoms with Gasteiger partial charge in [-0.05, 0) is 30.5 Å². The Kier molecular flexibility index (Phi) is 4.74.